The smallest absolute Gasteiger partial charge is 0.352 e. The Balaban J connectivity index is 1.78. The summed E-state index contributed by atoms with van der Waals surface area (Å²) >= 11 is 11.9. The zero-order chi connectivity index (χ0) is 32.9. The first kappa shape index (κ1) is 34.6. The van der Waals surface area contributed by atoms with Crippen LogP contribution in [-0.4, -0.2) is 43.8 Å². The molecule has 1 saturated carbocycles. The van der Waals surface area contributed by atoms with E-state index in [0.29, 0.717) is 21.0 Å². The van der Waals surface area contributed by atoms with Crippen LogP contribution in [0.15, 0.2) is 71.6 Å². The molecule has 242 valence electrons. The summed E-state index contributed by atoms with van der Waals surface area (Å²) < 4.78 is 70.1. The number of amides is 2. The molecule has 1 unspecified atom stereocenters. The molecule has 2 amide bonds. The first-order chi connectivity index (χ1) is 21.2. The van der Waals surface area contributed by atoms with E-state index < -0.39 is 51.0 Å². The Labute approximate surface area is 271 Å². The maximum absolute atomic E-state index is 14.2. The van der Waals surface area contributed by atoms with Crippen molar-refractivity contribution in [1.29, 1.82) is 0 Å². The summed E-state index contributed by atoms with van der Waals surface area (Å²) in [5.74, 6) is -1.16. The molecule has 1 aliphatic carbocycles. The maximum atomic E-state index is 14.2. The van der Waals surface area contributed by atoms with Gasteiger partial charge in [0.25, 0.3) is 10.0 Å². The van der Waals surface area contributed by atoms with Gasteiger partial charge in [-0.2, -0.15) is 13.2 Å². The Hall–Kier alpha value is -3.28. The van der Waals surface area contributed by atoms with E-state index in [2.05, 4.69) is 5.32 Å². The van der Waals surface area contributed by atoms with E-state index in [9.17, 15) is 31.2 Å². The highest BCUT2D eigenvalue weighted by Gasteiger charge is 2.37. The van der Waals surface area contributed by atoms with Crippen molar-refractivity contribution in [2.75, 3.05) is 10.8 Å². The Kier molecular flexibility index (Phi) is 11.1. The molecule has 0 spiro atoms. The summed E-state index contributed by atoms with van der Waals surface area (Å²) in [5, 5.41) is 2.85. The molecular weight excluding hydrogens is 650 g/mol. The van der Waals surface area contributed by atoms with Crippen molar-refractivity contribution in [1.82, 2.24) is 10.2 Å². The van der Waals surface area contributed by atoms with Crippen molar-refractivity contribution in [2.24, 2.45) is 0 Å². The minimum atomic E-state index is -4.89. The number of carbonyl (C=O) groups excluding carboxylic acids is 2. The molecule has 1 fully saturated rings. The minimum absolute atomic E-state index is 0.0349. The van der Waals surface area contributed by atoms with Crippen molar-refractivity contribution >= 4 is 50.7 Å². The summed E-state index contributed by atoms with van der Waals surface area (Å²) in [6, 6.07) is 14.0. The van der Waals surface area contributed by atoms with Gasteiger partial charge in [0.05, 0.1) is 21.2 Å². The number of halogens is 5. The van der Waals surface area contributed by atoms with Crippen LogP contribution in [0.2, 0.25) is 10.0 Å². The Morgan fingerprint density at radius 3 is 2.18 bits per heavy atom. The van der Waals surface area contributed by atoms with Gasteiger partial charge in [0.2, 0.25) is 11.8 Å². The van der Waals surface area contributed by atoms with Crippen LogP contribution in [0.5, 0.6) is 0 Å². The molecular formula is C32H34Cl2F3N3O4S. The summed E-state index contributed by atoms with van der Waals surface area (Å²) in [6.07, 6.45) is -1.10. The molecule has 13 heteroatoms. The summed E-state index contributed by atoms with van der Waals surface area (Å²) in [5.41, 5.74) is -0.275. The fourth-order valence-electron chi connectivity index (χ4n) is 5.33. The molecule has 3 aromatic rings. The van der Waals surface area contributed by atoms with Gasteiger partial charge in [0.15, 0.2) is 0 Å². The predicted octanol–water partition coefficient (Wildman–Crippen LogP) is 7.38. The number of benzene rings is 3. The number of carbonyl (C=O) groups is 2. The van der Waals surface area contributed by atoms with Gasteiger partial charge >= 0.3 is 6.18 Å². The molecule has 7 nitrogen and oxygen atoms in total. The molecule has 0 saturated heterocycles. The Morgan fingerprint density at radius 1 is 0.978 bits per heavy atom. The lowest BCUT2D eigenvalue weighted by Gasteiger charge is -2.34. The molecule has 1 N–H and O–H groups in total. The Bertz CT molecular complexity index is 1610. The summed E-state index contributed by atoms with van der Waals surface area (Å²) in [7, 11) is -4.57. The molecule has 3 aromatic carbocycles. The minimum Gasteiger partial charge on any atom is -0.352 e. The van der Waals surface area contributed by atoms with Gasteiger partial charge in [-0.05, 0) is 74.2 Å². The van der Waals surface area contributed by atoms with E-state index in [-0.39, 0.29) is 29.8 Å². The van der Waals surface area contributed by atoms with Crippen molar-refractivity contribution in [2.45, 2.75) is 75.7 Å². The number of rotatable bonds is 11. The number of nitrogens with one attached hydrogen (secondary N) is 1. The van der Waals surface area contributed by atoms with Crippen molar-refractivity contribution in [3.63, 3.8) is 0 Å². The lowest BCUT2D eigenvalue weighted by molar-refractivity contribution is -0.140. The van der Waals surface area contributed by atoms with E-state index in [1.807, 2.05) is 0 Å². The van der Waals surface area contributed by atoms with Crippen molar-refractivity contribution in [3.8, 4) is 0 Å². The molecule has 0 aromatic heterocycles. The Morgan fingerprint density at radius 2 is 1.60 bits per heavy atom. The van der Waals surface area contributed by atoms with E-state index in [1.165, 1.54) is 17.0 Å². The molecule has 0 radical (unpaired) electrons. The van der Waals surface area contributed by atoms with E-state index in [1.54, 1.807) is 50.2 Å². The van der Waals surface area contributed by atoms with Crippen LogP contribution in [-0.2, 0) is 32.3 Å². The third-order valence-electron chi connectivity index (χ3n) is 7.78. The topological polar surface area (TPSA) is 86.8 Å². The highest BCUT2D eigenvalue weighted by Crippen LogP contribution is 2.38. The molecule has 4 rings (SSSR count). The fraction of sp³-hybridized carbons (Fsp3) is 0.375. The first-order valence-electron chi connectivity index (χ1n) is 14.5. The normalized spacial score (nSPS) is 14.6. The number of hydrogen-bond acceptors (Lipinski definition) is 4. The number of hydrogen-bond donors (Lipinski definition) is 1. The van der Waals surface area contributed by atoms with Gasteiger partial charge in [0, 0.05) is 17.6 Å². The zero-order valence-corrected chi connectivity index (χ0v) is 27.1. The number of nitrogens with zero attached hydrogens (tertiary/aromatic N) is 2. The van der Waals surface area contributed by atoms with Gasteiger partial charge in [-0.15, -0.1) is 0 Å². The second-order valence-corrected chi connectivity index (χ2v) is 13.8. The van der Waals surface area contributed by atoms with Gasteiger partial charge in [-0.25, -0.2) is 8.42 Å². The highest BCUT2D eigenvalue weighted by molar-refractivity contribution is 7.92. The van der Waals surface area contributed by atoms with E-state index in [4.69, 9.17) is 23.2 Å². The highest BCUT2D eigenvalue weighted by atomic mass is 35.5. The average Bonchev–Trinajstić information content (AvgIpc) is 3.49. The van der Waals surface area contributed by atoms with Crippen LogP contribution in [0.3, 0.4) is 0 Å². The number of alkyl halides is 3. The molecule has 0 bridgehead atoms. The predicted molar refractivity (Wildman–Crippen MR) is 169 cm³/mol. The second kappa shape index (κ2) is 14.4. The number of anilines is 1. The first-order valence-corrected chi connectivity index (χ1v) is 16.7. The van der Waals surface area contributed by atoms with Gasteiger partial charge in [-0.1, -0.05) is 72.8 Å². The average molecular weight is 685 g/mol. The van der Waals surface area contributed by atoms with Crippen LogP contribution < -0.4 is 9.62 Å². The summed E-state index contributed by atoms with van der Waals surface area (Å²) in [6.45, 7) is 2.54. The van der Waals surface area contributed by atoms with Crippen LogP contribution in [0.25, 0.3) is 0 Å². The quantitative estimate of drug-likeness (QED) is 0.229. The molecule has 1 atom stereocenters. The van der Waals surface area contributed by atoms with Crippen molar-refractivity contribution in [3.05, 3.63) is 93.5 Å². The molecule has 45 heavy (non-hydrogen) atoms. The van der Waals surface area contributed by atoms with Crippen molar-refractivity contribution < 1.29 is 31.2 Å². The lowest BCUT2D eigenvalue weighted by Crippen LogP contribution is -2.53. The SMILES string of the molecule is CCC(C(=O)NC1CCCC1)N(Cc1ccc(Cl)cc1)C(=O)CN(c1ccc(Cl)c(C(F)(F)F)c1)S(=O)(=O)c1ccc(C)cc1. The lowest BCUT2D eigenvalue weighted by atomic mass is 10.1. The molecule has 1 aliphatic rings. The third-order valence-corrected chi connectivity index (χ3v) is 10.2. The van der Waals surface area contributed by atoms with E-state index >= 15 is 0 Å². The van der Waals surface area contributed by atoms with Crippen LogP contribution in [0.4, 0.5) is 18.9 Å². The zero-order valence-electron chi connectivity index (χ0n) is 24.8. The van der Waals surface area contributed by atoms with Crippen LogP contribution >= 0.6 is 23.2 Å². The molecule has 0 heterocycles. The third kappa shape index (κ3) is 8.51. The molecule has 0 aliphatic heterocycles. The standard InChI is InChI=1S/C32H34Cl2F3N3O4S/c1-3-29(31(42)38-24-6-4-5-7-24)39(19-22-10-12-23(33)13-11-22)30(41)20-40(45(43,44)26-15-8-21(2)9-16-26)25-14-17-28(34)27(18-25)32(35,36)37/h8-18,24,29H,3-7,19-20H2,1-2H3,(H,38,42). The maximum Gasteiger partial charge on any atom is 0.417 e. The largest absolute Gasteiger partial charge is 0.417 e. The summed E-state index contributed by atoms with van der Waals surface area (Å²) in [4.78, 5) is 28.8. The van der Waals surface area contributed by atoms with E-state index in [0.717, 1.165) is 43.4 Å². The van der Waals surface area contributed by atoms with Crippen LogP contribution in [0, 0.1) is 6.92 Å². The van der Waals surface area contributed by atoms with Gasteiger partial charge in [0.1, 0.15) is 12.6 Å². The number of aryl methyl sites for hydroxylation is 1. The second-order valence-electron chi connectivity index (χ2n) is 11.0. The van der Waals surface area contributed by atoms with Gasteiger partial charge in [-0.3, -0.25) is 13.9 Å². The van der Waals surface area contributed by atoms with Crippen LogP contribution in [0.1, 0.15) is 55.7 Å². The number of sulfonamides is 1. The monoisotopic (exact) mass is 683 g/mol. The van der Waals surface area contributed by atoms with Gasteiger partial charge < -0.3 is 10.2 Å². The fourth-order valence-corrected chi connectivity index (χ4v) is 7.08.